The van der Waals surface area contributed by atoms with Crippen molar-refractivity contribution in [1.29, 1.82) is 0 Å². The molecule has 0 aromatic heterocycles. The van der Waals surface area contributed by atoms with Crippen LogP contribution < -0.4 is 5.73 Å². The van der Waals surface area contributed by atoms with E-state index in [0.717, 1.165) is 24.0 Å². The van der Waals surface area contributed by atoms with E-state index in [1.54, 1.807) is 6.07 Å². The van der Waals surface area contributed by atoms with E-state index in [4.69, 9.17) is 5.73 Å². The minimum absolute atomic E-state index is 0.236. The average molecular weight is 265 g/mol. The SMILES string of the molecule is NC1(c2ccc3c(c2)CCS3(=O)=O)CCCCC1. The Bertz CT molecular complexity index is 571. The lowest BCUT2D eigenvalue weighted by Crippen LogP contribution is -2.38. The summed E-state index contributed by atoms with van der Waals surface area (Å²) in [6, 6.07) is 5.72. The topological polar surface area (TPSA) is 60.2 Å². The Hall–Kier alpha value is -0.870. The van der Waals surface area contributed by atoms with Crippen molar-refractivity contribution in [3.05, 3.63) is 29.3 Å². The number of sulfone groups is 1. The highest BCUT2D eigenvalue weighted by atomic mass is 32.2. The fraction of sp³-hybridized carbons (Fsp3) is 0.571. The van der Waals surface area contributed by atoms with Gasteiger partial charge in [0, 0.05) is 5.54 Å². The van der Waals surface area contributed by atoms with Gasteiger partial charge in [-0.3, -0.25) is 0 Å². The summed E-state index contributed by atoms with van der Waals surface area (Å²) in [6.07, 6.45) is 6.27. The number of fused-ring (bicyclic) bond motifs is 1. The molecule has 3 nitrogen and oxygen atoms in total. The van der Waals surface area contributed by atoms with Gasteiger partial charge in [-0.2, -0.15) is 0 Å². The van der Waals surface area contributed by atoms with Gasteiger partial charge in [0.1, 0.15) is 0 Å². The van der Waals surface area contributed by atoms with Crippen molar-refractivity contribution in [3.63, 3.8) is 0 Å². The van der Waals surface area contributed by atoms with Crippen molar-refractivity contribution in [2.24, 2.45) is 5.73 Å². The summed E-state index contributed by atoms with van der Waals surface area (Å²) in [7, 11) is -3.01. The summed E-state index contributed by atoms with van der Waals surface area (Å²) >= 11 is 0. The first-order chi connectivity index (χ1) is 8.51. The first kappa shape index (κ1) is 12.2. The molecule has 1 aliphatic heterocycles. The summed E-state index contributed by atoms with van der Waals surface area (Å²) in [6.45, 7) is 0. The second-order valence-corrected chi connectivity index (χ2v) is 7.69. The van der Waals surface area contributed by atoms with E-state index in [9.17, 15) is 8.42 Å². The van der Waals surface area contributed by atoms with Gasteiger partial charge in [0.05, 0.1) is 10.6 Å². The van der Waals surface area contributed by atoms with E-state index in [-0.39, 0.29) is 11.3 Å². The normalized spacial score (nSPS) is 24.7. The molecule has 98 valence electrons. The van der Waals surface area contributed by atoms with E-state index in [1.165, 1.54) is 19.3 Å². The lowest BCUT2D eigenvalue weighted by atomic mass is 9.77. The van der Waals surface area contributed by atoms with Crippen molar-refractivity contribution in [3.8, 4) is 0 Å². The van der Waals surface area contributed by atoms with Gasteiger partial charge in [0.25, 0.3) is 0 Å². The van der Waals surface area contributed by atoms with E-state index in [2.05, 4.69) is 0 Å². The fourth-order valence-corrected chi connectivity index (χ4v) is 4.76. The quantitative estimate of drug-likeness (QED) is 0.846. The summed E-state index contributed by atoms with van der Waals surface area (Å²) in [5.41, 5.74) is 8.34. The number of rotatable bonds is 1. The first-order valence-electron chi connectivity index (χ1n) is 6.66. The van der Waals surface area contributed by atoms with Gasteiger partial charge in [0.2, 0.25) is 0 Å². The molecule has 2 aliphatic rings. The van der Waals surface area contributed by atoms with Gasteiger partial charge < -0.3 is 5.73 Å². The van der Waals surface area contributed by atoms with Gasteiger partial charge >= 0.3 is 0 Å². The molecule has 18 heavy (non-hydrogen) atoms. The van der Waals surface area contributed by atoms with E-state index >= 15 is 0 Å². The largest absolute Gasteiger partial charge is 0.321 e. The van der Waals surface area contributed by atoms with Crippen LogP contribution >= 0.6 is 0 Å². The lowest BCUT2D eigenvalue weighted by molar-refractivity contribution is 0.302. The van der Waals surface area contributed by atoms with Crippen LogP contribution in [-0.2, 0) is 21.8 Å². The minimum atomic E-state index is -3.01. The van der Waals surface area contributed by atoms with Crippen molar-refractivity contribution in [1.82, 2.24) is 0 Å². The summed E-state index contributed by atoms with van der Waals surface area (Å²) < 4.78 is 23.6. The Balaban J connectivity index is 2.01. The molecule has 0 amide bonds. The van der Waals surface area contributed by atoms with Crippen LogP contribution in [0.1, 0.15) is 43.2 Å². The van der Waals surface area contributed by atoms with Crippen molar-refractivity contribution in [2.75, 3.05) is 5.75 Å². The van der Waals surface area contributed by atoms with Crippen LogP contribution in [0, 0.1) is 0 Å². The van der Waals surface area contributed by atoms with Gasteiger partial charge in [-0.05, 0) is 36.5 Å². The Kier molecular flexibility index (Phi) is 2.75. The molecule has 0 spiro atoms. The predicted octanol–water partition coefficient (Wildman–Crippen LogP) is 2.13. The zero-order valence-electron chi connectivity index (χ0n) is 10.5. The summed E-state index contributed by atoms with van der Waals surface area (Å²) in [4.78, 5) is 0.519. The third-order valence-electron chi connectivity index (χ3n) is 4.36. The Morgan fingerprint density at radius 2 is 1.83 bits per heavy atom. The standard InChI is InChI=1S/C14H19NO2S/c15-14(7-2-1-3-8-14)12-4-5-13-11(10-12)6-9-18(13,16)17/h4-5,10H,1-3,6-9,15H2. The molecule has 3 rings (SSSR count). The van der Waals surface area contributed by atoms with Gasteiger partial charge in [-0.15, -0.1) is 0 Å². The van der Waals surface area contributed by atoms with Crippen molar-refractivity contribution >= 4 is 9.84 Å². The molecular formula is C14H19NO2S. The first-order valence-corrected chi connectivity index (χ1v) is 8.32. The number of benzene rings is 1. The molecule has 0 saturated heterocycles. The van der Waals surface area contributed by atoms with Gasteiger partial charge in [-0.25, -0.2) is 8.42 Å². The zero-order valence-corrected chi connectivity index (χ0v) is 11.3. The smallest absolute Gasteiger partial charge is 0.178 e. The molecular weight excluding hydrogens is 246 g/mol. The predicted molar refractivity (Wildman–Crippen MR) is 71.1 cm³/mol. The Morgan fingerprint density at radius 3 is 2.56 bits per heavy atom. The molecule has 0 radical (unpaired) electrons. The molecule has 1 saturated carbocycles. The van der Waals surface area contributed by atoms with Crippen LogP contribution in [0.5, 0.6) is 0 Å². The van der Waals surface area contributed by atoms with Gasteiger partial charge in [-0.1, -0.05) is 31.4 Å². The van der Waals surface area contributed by atoms with Crippen LogP contribution in [-0.4, -0.2) is 14.2 Å². The number of hydrogen-bond acceptors (Lipinski definition) is 3. The molecule has 0 bridgehead atoms. The molecule has 1 aliphatic carbocycles. The second kappa shape index (κ2) is 4.07. The maximum absolute atomic E-state index is 11.8. The number of aryl methyl sites for hydroxylation is 1. The number of nitrogens with two attached hydrogens (primary N) is 1. The van der Waals surface area contributed by atoms with Crippen LogP contribution in [0.15, 0.2) is 23.1 Å². The third kappa shape index (κ3) is 1.88. The second-order valence-electron chi connectivity index (χ2n) is 5.61. The minimum Gasteiger partial charge on any atom is -0.321 e. The average Bonchev–Trinajstić information content (AvgIpc) is 2.66. The maximum atomic E-state index is 11.8. The molecule has 1 heterocycles. The van der Waals surface area contributed by atoms with Gasteiger partial charge in [0.15, 0.2) is 9.84 Å². The molecule has 1 fully saturated rings. The third-order valence-corrected chi connectivity index (χ3v) is 6.17. The van der Waals surface area contributed by atoms with Crippen LogP contribution in [0.2, 0.25) is 0 Å². The lowest BCUT2D eigenvalue weighted by Gasteiger charge is -2.34. The maximum Gasteiger partial charge on any atom is 0.178 e. The highest BCUT2D eigenvalue weighted by Gasteiger charge is 2.32. The Labute approximate surface area is 108 Å². The van der Waals surface area contributed by atoms with E-state index in [0.29, 0.717) is 11.3 Å². The van der Waals surface area contributed by atoms with E-state index in [1.807, 2.05) is 12.1 Å². The molecule has 2 N–H and O–H groups in total. The van der Waals surface area contributed by atoms with Crippen LogP contribution in [0.3, 0.4) is 0 Å². The monoisotopic (exact) mass is 265 g/mol. The van der Waals surface area contributed by atoms with Crippen molar-refractivity contribution in [2.45, 2.75) is 49.0 Å². The molecule has 0 atom stereocenters. The molecule has 0 unspecified atom stereocenters. The van der Waals surface area contributed by atoms with Crippen LogP contribution in [0.25, 0.3) is 0 Å². The van der Waals surface area contributed by atoms with Crippen LogP contribution in [0.4, 0.5) is 0 Å². The fourth-order valence-electron chi connectivity index (χ4n) is 3.21. The summed E-state index contributed by atoms with van der Waals surface area (Å²) in [5.74, 6) is 0.253. The molecule has 1 aromatic rings. The molecule has 4 heteroatoms. The highest BCUT2D eigenvalue weighted by molar-refractivity contribution is 7.91. The number of hydrogen-bond donors (Lipinski definition) is 1. The highest BCUT2D eigenvalue weighted by Crippen LogP contribution is 2.37. The summed E-state index contributed by atoms with van der Waals surface area (Å²) in [5, 5.41) is 0. The molecule has 1 aromatic carbocycles. The Morgan fingerprint density at radius 1 is 1.11 bits per heavy atom. The van der Waals surface area contributed by atoms with E-state index < -0.39 is 9.84 Å². The zero-order chi connectivity index (χ0) is 12.8. The van der Waals surface area contributed by atoms with Crippen molar-refractivity contribution < 1.29 is 8.42 Å².